The predicted molar refractivity (Wildman–Crippen MR) is 88.0 cm³/mol. The van der Waals surface area contributed by atoms with Crippen LogP contribution in [-0.4, -0.2) is 25.0 Å². The average Bonchev–Trinajstić information content (AvgIpc) is 2.76. The van der Waals surface area contributed by atoms with Gasteiger partial charge in [0.1, 0.15) is 0 Å². The molecule has 0 aliphatic carbocycles. The van der Waals surface area contributed by atoms with Gasteiger partial charge >= 0.3 is 0 Å². The van der Waals surface area contributed by atoms with Crippen molar-refractivity contribution >= 4 is 22.4 Å². The predicted octanol–water partition coefficient (Wildman–Crippen LogP) is 3.58. The normalized spacial score (nSPS) is 15.0. The van der Waals surface area contributed by atoms with Crippen LogP contribution in [0.3, 0.4) is 0 Å². The summed E-state index contributed by atoms with van der Waals surface area (Å²) in [6, 6.07) is 12.7. The number of benzene rings is 2. The first-order valence-electron chi connectivity index (χ1n) is 7.79. The van der Waals surface area contributed by atoms with E-state index in [2.05, 4.69) is 37.4 Å². The molecule has 21 heavy (non-hydrogen) atoms. The van der Waals surface area contributed by atoms with Crippen molar-refractivity contribution in [1.82, 2.24) is 5.32 Å². The zero-order valence-corrected chi connectivity index (χ0v) is 12.7. The summed E-state index contributed by atoms with van der Waals surface area (Å²) in [5, 5.41) is 5.69. The summed E-state index contributed by atoms with van der Waals surface area (Å²) in [5.41, 5.74) is 1.92. The van der Waals surface area contributed by atoms with Gasteiger partial charge in [-0.2, -0.15) is 0 Å². The van der Waals surface area contributed by atoms with Crippen molar-refractivity contribution in [3.8, 4) is 0 Å². The third-order valence-electron chi connectivity index (χ3n) is 4.22. The Morgan fingerprint density at radius 3 is 2.71 bits per heavy atom. The van der Waals surface area contributed by atoms with E-state index in [4.69, 9.17) is 0 Å². The van der Waals surface area contributed by atoms with Crippen molar-refractivity contribution < 1.29 is 4.79 Å². The maximum atomic E-state index is 12.6. The summed E-state index contributed by atoms with van der Waals surface area (Å²) in [4.78, 5) is 14.5. The molecule has 0 bridgehead atoms. The highest BCUT2D eigenvalue weighted by molar-refractivity contribution is 6.24. The largest absolute Gasteiger partial charge is 0.315 e. The summed E-state index contributed by atoms with van der Waals surface area (Å²) in [6.45, 7) is 6.11. The van der Waals surface area contributed by atoms with Crippen LogP contribution in [0.25, 0.3) is 10.8 Å². The molecular weight excluding hydrogens is 260 g/mol. The molecule has 3 rings (SSSR count). The minimum absolute atomic E-state index is 0.151. The molecule has 0 saturated heterocycles. The topological polar surface area (TPSA) is 32.3 Å². The van der Waals surface area contributed by atoms with E-state index in [1.165, 1.54) is 0 Å². The highest BCUT2D eigenvalue weighted by Crippen LogP contribution is 2.37. The highest BCUT2D eigenvalue weighted by atomic mass is 16.2. The lowest BCUT2D eigenvalue weighted by molar-refractivity contribution is 0.0992. The zero-order valence-electron chi connectivity index (χ0n) is 12.7. The molecule has 3 nitrogen and oxygen atoms in total. The number of carbonyl (C=O) groups excluding carboxylic acids is 1. The Balaban J connectivity index is 1.77. The van der Waals surface area contributed by atoms with Crippen LogP contribution < -0.4 is 10.2 Å². The lowest BCUT2D eigenvalue weighted by atomic mass is 10.1. The van der Waals surface area contributed by atoms with Crippen LogP contribution in [0.5, 0.6) is 0 Å². The van der Waals surface area contributed by atoms with Gasteiger partial charge in [0.15, 0.2) is 0 Å². The quantitative estimate of drug-likeness (QED) is 0.878. The van der Waals surface area contributed by atoms with Gasteiger partial charge < -0.3 is 10.2 Å². The van der Waals surface area contributed by atoms with Gasteiger partial charge in [-0.05, 0) is 43.8 Å². The summed E-state index contributed by atoms with van der Waals surface area (Å²) < 4.78 is 0. The number of amides is 1. The van der Waals surface area contributed by atoms with Gasteiger partial charge in [0.2, 0.25) is 0 Å². The number of nitrogens with one attached hydrogen (secondary N) is 1. The van der Waals surface area contributed by atoms with Crippen molar-refractivity contribution in [2.75, 3.05) is 18.0 Å². The first kappa shape index (κ1) is 14.1. The third kappa shape index (κ3) is 2.54. The van der Waals surface area contributed by atoms with Crippen molar-refractivity contribution in [3.63, 3.8) is 0 Å². The molecule has 0 fully saturated rings. The molecule has 3 heteroatoms. The molecule has 1 atom stereocenters. The van der Waals surface area contributed by atoms with Crippen molar-refractivity contribution in [1.29, 1.82) is 0 Å². The van der Waals surface area contributed by atoms with E-state index in [0.717, 1.165) is 48.0 Å². The Bertz CT molecular complexity index is 660. The number of nitrogens with zero attached hydrogens (tertiary/aromatic N) is 1. The van der Waals surface area contributed by atoms with Crippen LogP contribution in [-0.2, 0) is 0 Å². The van der Waals surface area contributed by atoms with Crippen molar-refractivity contribution in [3.05, 3.63) is 42.0 Å². The molecule has 0 saturated carbocycles. The maximum absolute atomic E-state index is 12.6. The van der Waals surface area contributed by atoms with E-state index in [0.29, 0.717) is 6.04 Å². The van der Waals surface area contributed by atoms with Crippen LogP contribution in [0.1, 0.15) is 37.0 Å². The number of anilines is 1. The lowest BCUT2D eigenvalue weighted by Gasteiger charge is -2.19. The monoisotopic (exact) mass is 282 g/mol. The van der Waals surface area contributed by atoms with Gasteiger partial charge in [0.05, 0.1) is 5.69 Å². The van der Waals surface area contributed by atoms with Crippen molar-refractivity contribution in [2.24, 2.45) is 0 Å². The van der Waals surface area contributed by atoms with Crippen LogP contribution in [0.2, 0.25) is 0 Å². The molecule has 1 aliphatic heterocycles. The van der Waals surface area contributed by atoms with Gasteiger partial charge in [-0.1, -0.05) is 31.2 Å². The first-order valence-corrected chi connectivity index (χ1v) is 7.79. The Labute approximate surface area is 125 Å². The molecule has 1 aliphatic rings. The average molecular weight is 282 g/mol. The molecule has 0 radical (unpaired) electrons. The third-order valence-corrected chi connectivity index (χ3v) is 4.22. The first-order chi connectivity index (χ1) is 10.2. The van der Waals surface area contributed by atoms with Crippen LogP contribution in [0.4, 0.5) is 5.69 Å². The minimum atomic E-state index is 0.151. The summed E-state index contributed by atoms with van der Waals surface area (Å²) in [6.07, 6.45) is 2.11. The second kappa shape index (κ2) is 5.86. The van der Waals surface area contributed by atoms with E-state index in [1.54, 1.807) is 0 Å². The van der Waals surface area contributed by atoms with Crippen LogP contribution in [0, 0.1) is 0 Å². The number of rotatable bonds is 6. The Morgan fingerprint density at radius 2 is 1.95 bits per heavy atom. The molecule has 1 unspecified atom stereocenters. The molecule has 1 heterocycles. The van der Waals surface area contributed by atoms with Gasteiger partial charge in [0.25, 0.3) is 5.91 Å². The number of carbonyl (C=O) groups is 1. The van der Waals surface area contributed by atoms with E-state index in [-0.39, 0.29) is 5.91 Å². The second-order valence-corrected chi connectivity index (χ2v) is 5.74. The highest BCUT2D eigenvalue weighted by Gasteiger charge is 2.28. The Morgan fingerprint density at radius 1 is 1.19 bits per heavy atom. The SMILES string of the molecule is CCNC(C)CCCN1C(=O)c2cccc3cccc1c23. The van der Waals surface area contributed by atoms with E-state index in [1.807, 2.05) is 23.1 Å². The molecule has 2 aromatic rings. The Hall–Kier alpha value is -1.87. The van der Waals surface area contributed by atoms with Crippen molar-refractivity contribution in [2.45, 2.75) is 32.7 Å². The van der Waals surface area contributed by atoms with E-state index >= 15 is 0 Å². The van der Waals surface area contributed by atoms with Crippen LogP contribution >= 0.6 is 0 Å². The number of hydrogen-bond donors (Lipinski definition) is 1. The van der Waals surface area contributed by atoms with E-state index < -0.39 is 0 Å². The fourth-order valence-corrected chi connectivity index (χ4v) is 3.21. The van der Waals surface area contributed by atoms with Gasteiger partial charge in [-0.3, -0.25) is 4.79 Å². The Kier molecular flexibility index (Phi) is 3.93. The molecule has 1 amide bonds. The molecule has 0 spiro atoms. The summed E-state index contributed by atoms with van der Waals surface area (Å²) >= 11 is 0. The van der Waals surface area contributed by atoms with Crippen LogP contribution in [0.15, 0.2) is 36.4 Å². The minimum Gasteiger partial charge on any atom is -0.315 e. The van der Waals surface area contributed by atoms with Gasteiger partial charge in [0, 0.05) is 23.5 Å². The molecule has 110 valence electrons. The fourth-order valence-electron chi connectivity index (χ4n) is 3.21. The second-order valence-electron chi connectivity index (χ2n) is 5.74. The van der Waals surface area contributed by atoms with E-state index in [9.17, 15) is 4.79 Å². The lowest BCUT2D eigenvalue weighted by Crippen LogP contribution is -2.30. The molecule has 1 N–H and O–H groups in total. The summed E-state index contributed by atoms with van der Waals surface area (Å²) in [5.74, 6) is 0.151. The van der Waals surface area contributed by atoms with Gasteiger partial charge in [-0.25, -0.2) is 0 Å². The zero-order chi connectivity index (χ0) is 14.8. The molecule has 0 aromatic heterocycles. The maximum Gasteiger partial charge on any atom is 0.258 e. The summed E-state index contributed by atoms with van der Waals surface area (Å²) in [7, 11) is 0. The number of hydrogen-bond acceptors (Lipinski definition) is 2. The molecule has 2 aromatic carbocycles. The smallest absolute Gasteiger partial charge is 0.258 e. The fraction of sp³-hybridized carbons (Fsp3) is 0.389. The molecular formula is C18H22N2O. The standard InChI is InChI=1S/C18H22N2O/c1-3-19-13(2)7-6-12-20-16-11-5-9-14-8-4-10-15(17(14)16)18(20)21/h4-5,8-11,13,19H,3,6-7,12H2,1-2H3. The van der Waals surface area contributed by atoms with Gasteiger partial charge in [-0.15, -0.1) is 0 Å².